The van der Waals surface area contributed by atoms with Gasteiger partial charge in [0.2, 0.25) is 0 Å². The fourth-order valence-corrected chi connectivity index (χ4v) is 5.73. The molecule has 1 N–H and O–H groups in total. The summed E-state index contributed by atoms with van der Waals surface area (Å²) in [6, 6.07) is 6.04. The molecule has 0 spiro atoms. The minimum Gasteiger partial charge on any atom is -0.479 e. The maximum absolute atomic E-state index is 13.7. The normalized spacial score (nSPS) is 16.3. The van der Waals surface area contributed by atoms with Crippen molar-refractivity contribution < 1.29 is 14.6 Å². The molecule has 7 heteroatoms. The highest BCUT2D eigenvalue weighted by molar-refractivity contribution is 7.16. The largest absolute Gasteiger partial charge is 0.479 e. The molecule has 0 radical (unpaired) electrons. The van der Waals surface area contributed by atoms with Crippen molar-refractivity contribution in [3.05, 3.63) is 50.9 Å². The van der Waals surface area contributed by atoms with Crippen LogP contribution < -0.4 is 5.43 Å². The summed E-state index contributed by atoms with van der Waals surface area (Å²) in [5.41, 5.74) is 5.12. The second-order valence-electron chi connectivity index (χ2n) is 9.94. The average Bonchev–Trinajstić information content (AvgIpc) is 3.22. The Balaban J connectivity index is 2.00. The Morgan fingerprint density at radius 1 is 1.21 bits per heavy atom. The molecule has 1 saturated carbocycles. The van der Waals surface area contributed by atoms with E-state index in [4.69, 9.17) is 4.74 Å². The number of pyridine rings is 1. The van der Waals surface area contributed by atoms with E-state index >= 15 is 0 Å². The summed E-state index contributed by atoms with van der Waals surface area (Å²) < 4.78 is 9.18. The summed E-state index contributed by atoms with van der Waals surface area (Å²) in [6.45, 7) is 9.21. The van der Waals surface area contributed by atoms with Crippen LogP contribution in [-0.4, -0.2) is 26.2 Å². The first-order valence-electron chi connectivity index (χ1n) is 11.6. The molecule has 1 aromatic carbocycles. The maximum atomic E-state index is 13.7. The van der Waals surface area contributed by atoms with Crippen molar-refractivity contribution >= 4 is 27.5 Å². The third-order valence-electron chi connectivity index (χ3n) is 6.44. The Bertz CT molecular complexity index is 1250. The van der Waals surface area contributed by atoms with Crippen LogP contribution in [0.3, 0.4) is 0 Å². The fourth-order valence-electron chi connectivity index (χ4n) is 5.01. The first-order chi connectivity index (χ1) is 15.6. The van der Waals surface area contributed by atoms with Gasteiger partial charge < -0.3 is 14.4 Å². The van der Waals surface area contributed by atoms with Crippen LogP contribution in [0.2, 0.25) is 0 Å². The summed E-state index contributed by atoms with van der Waals surface area (Å²) in [5.74, 6) is -1.07. The number of benzene rings is 1. The second kappa shape index (κ2) is 9.03. The number of carboxylic acid groups (broad SMARTS) is 1. The number of hydrogen-bond acceptors (Lipinski definition) is 5. The number of hydrogen-bond donors (Lipinski definition) is 1. The summed E-state index contributed by atoms with van der Waals surface area (Å²) in [6.07, 6.45) is 4.08. The molecule has 33 heavy (non-hydrogen) atoms. The van der Waals surface area contributed by atoms with Crippen LogP contribution >= 0.6 is 11.3 Å². The molecule has 0 saturated heterocycles. The summed E-state index contributed by atoms with van der Waals surface area (Å²) >= 11 is 1.54. The van der Waals surface area contributed by atoms with Crippen molar-refractivity contribution in [3.8, 4) is 11.1 Å². The van der Waals surface area contributed by atoms with Gasteiger partial charge in [-0.15, -0.1) is 11.3 Å². The van der Waals surface area contributed by atoms with Crippen LogP contribution in [0.15, 0.2) is 28.5 Å². The molecule has 3 aromatic rings. The van der Waals surface area contributed by atoms with Gasteiger partial charge in [-0.3, -0.25) is 4.79 Å². The molecule has 0 aliphatic heterocycles. The van der Waals surface area contributed by atoms with E-state index in [1.807, 2.05) is 45.9 Å². The SMILES string of the molecule is Cc1c(C(OC(C)(C)C)C(=O)O)n(C2CCCCC2)c(C)c(-c2ccc3ncsc3c2)c1=O. The van der Waals surface area contributed by atoms with Gasteiger partial charge in [0.15, 0.2) is 11.5 Å². The van der Waals surface area contributed by atoms with Gasteiger partial charge in [0.1, 0.15) is 0 Å². The lowest BCUT2D eigenvalue weighted by Crippen LogP contribution is -2.34. The summed E-state index contributed by atoms with van der Waals surface area (Å²) in [4.78, 5) is 30.5. The van der Waals surface area contributed by atoms with Crippen LogP contribution in [0, 0.1) is 13.8 Å². The third kappa shape index (κ3) is 4.62. The van der Waals surface area contributed by atoms with E-state index < -0.39 is 17.7 Å². The van der Waals surface area contributed by atoms with E-state index in [1.165, 1.54) is 6.42 Å². The molecule has 1 aliphatic rings. The van der Waals surface area contributed by atoms with Crippen molar-refractivity contribution in [2.24, 2.45) is 0 Å². The molecule has 176 valence electrons. The lowest BCUT2D eigenvalue weighted by Gasteiger charge is -2.35. The lowest BCUT2D eigenvalue weighted by molar-refractivity contribution is -0.161. The van der Waals surface area contributed by atoms with Crippen LogP contribution in [0.5, 0.6) is 0 Å². The number of fused-ring (bicyclic) bond motifs is 1. The van der Waals surface area contributed by atoms with Gasteiger partial charge in [-0.05, 0) is 65.2 Å². The van der Waals surface area contributed by atoms with E-state index in [0.717, 1.165) is 47.2 Å². The zero-order valence-corrected chi connectivity index (χ0v) is 20.8. The predicted octanol–water partition coefficient (Wildman–Crippen LogP) is 6.19. The third-order valence-corrected chi connectivity index (χ3v) is 7.23. The number of aliphatic carboxylic acids is 1. The Hall–Kier alpha value is -2.51. The first-order valence-corrected chi connectivity index (χ1v) is 12.5. The van der Waals surface area contributed by atoms with E-state index in [-0.39, 0.29) is 11.5 Å². The average molecular weight is 469 g/mol. The predicted molar refractivity (Wildman–Crippen MR) is 132 cm³/mol. The van der Waals surface area contributed by atoms with E-state index in [9.17, 15) is 14.7 Å². The monoisotopic (exact) mass is 468 g/mol. The quantitative estimate of drug-likeness (QED) is 0.483. The van der Waals surface area contributed by atoms with E-state index in [2.05, 4.69) is 9.55 Å². The fraction of sp³-hybridized carbons (Fsp3) is 0.500. The van der Waals surface area contributed by atoms with Gasteiger partial charge >= 0.3 is 5.97 Å². The molecule has 1 atom stereocenters. The van der Waals surface area contributed by atoms with Gasteiger partial charge in [0.25, 0.3) is 0 Å². The van der Waals surface area contributed by atoms with Gasteiger partial charge in [0, 0.05) is 22.9 Å². The van der Waals surface area contributed by atoms with Crippen molar-refractivity contribution in [2.45, 2.75) is 84.5 Å². The highest BCUT2D eigenvalue weighted by Crippen LogP contribution is 2.38. The highest BCUT2D eigenvalue weighted by atomic mass is 32.1. The first kappa shape index (κ1) is 23.6. The van der Waals surface area contributed by atoms with Crippen LogP contribution in [0.25, 0.3) is 21.3 Å². The minimum atomic E-state index is -1.21. The molecule has 6 nitrogen and oxygen atoms in total. The standard InChI is InChI=1S/C26H32N2O4S/c1-15-22(24(25(30)31)32-26(3,4)5)28(18-9-7-6-8-10-18)16(2)21(23(15)29)17-11-12-19-20(13-17)33-14-27-19/h11-14,18,24H,6-10H2,1-5H3,(H,30,31). The minimum absolute atomic E-state index is 0.137. The Morgan fingerprint density at radius 2 is 1.91 bits per heavy atom. The molecule has 2 heterocycles. The number of carboxylic acids is 1. The van der Waals surface area contributed by atoms with Crippen molar-refractivity contribution in [1.29, 1.82) is 0 Å². The Kier molecular flexibility index (Phi) is 6.47. The zero-order valence-electron chi connectivity index (χ0n) is 20.0. The van der Waals surface area contributed by atoms with Gasteiger partial charge in [-0.2, -0.15) is 0 Å². The molecule has 0 amide bonds. The smallest absolute Gasteiger partial charge is 0.339 e. The molecule has 4 rings (SSSR count). The molecule has 2 aromatic heterocycles. The van der Waals surface area contributed by atoms with Crippen LogP contribution in [-0.2, 0) is 9.53 Å². The van der Waals surface area contributed by atoms with Gasteiger partial charge in [0.05, 0.1) is 27.0 Å². The molecular weight excluding hydrogens is 436 g/mol. The van der Waals surface area contributed by atoms with Crippen molar-refractivity contribution in [2.75, 3.05) is 0 Å². The Labute approximate surface area is 198 Å². The number of aromatic nitrogens is 2. The highest BCUT2D eigenvalue weighted by Gasteiger charge is 2.35. The number of nitrogens with zero attached hydrogens (tertiary/aromatic N) is 2. The van der Waals surface area contributed by atoms with Crippen LogP contribution in [0.1, 0.15) is 82.0 Å². The zero-order chi connectivity index (χ0) is 23.9. The van der Waals surface area contributed by atoms with E-state index in [0.29, 0.717) is 16.8 Å². The molecule has 1 unspecified atom stereocenters. The maximum Gasteiger partial charge on any atom is 0.339 e. The number of thiazole rings is 1. The second-order valence-corrected chi connectivity index (χ2v) is 10.8. The Morgan fingerprint density at radius 3 is 2.55 bits per heavy atom. The van der Waals surface area contributed by atoms with Crippen molar-refractivity contribution in [3.63, 3.8) is 0 Å². The lowest BCUT2D eigenvalue weighted by atomic mass is 9.91. The number of ether oxygens (including phenoxy) is 1. The molecule has 1 aliphatic carbocycles. The van der Waals surface area contributed by atoms with E-state index in [1.54, 1.807) is 23.8 Å². The molecule has 0 bridgehead atoms. The number of carbonyl (C=O) groups is 1. The molecule has 1 fully saturated rings. The topological polar surface area (TPSA) is 81.4 Å². The van der Waals surface area contributed by atoms with Gasteiger partial charge in [-0.25, -0.2) is 9.78 Å². The molecular formula is C26H32N2O4S. The number of rotatable bonds is 5. The summed E-state index contributed by atoms with van der Waals surface area (Å²) in [5, 5.41) is 10.2. The summed E-state index contributed by atoms with van der Waals surface area (Å²) in [7, 11) is 0. The van der Waals surface area contributed by atoms with Gasteiger partial charge in [-0.1, -0.05) is 25.3 Å². The van der Waals surface area contributed by atoms with Crippen LogP contribution in [0.4, 0.5) is 0 Å². The van der Waals surface area contributed by atoms with Crippen molar-refractivity contribution in [1.82, 2.24) is 9.55 Å².